The molecule has 4 nitrogen and oxygen atoms in total. The summed E-state index contributed by atoms with van der Waals surface area (Å²) >= 11 is 5.43. The average molecular weight is 261 g/mol. The molecule has 6 heteroatoms. The first-order valence-electron chi connectivity index (χ1n) is 5.03. The number of nitrogens with zero attached hydrogens (tertiary/aromatic N) is 1. The van der Waals surface area contributed by atoms with E-state index >= 15 is 0 Å². The fourth-order valence-electron chi connectivity index (χ4n) is 1.06. The molecule has 0 spiro atoms. The standard InChI is InChI=1S/C11H14ClFN2O2/c1-7(11(2,12)13)10(16)15-8-4-5-9(17-3)14-6-8/h4-7H,1-3H3,(H,15,16). The van der Waals surface area contributed by atoms with Crippen LogP contribution in [0.25, 0.3) is 0 Å². The van der Waals surface area contributed by atoms with Crippen molar-refractivity contribution in [3.8, 4) is 5.88 Å². The van der Waals surface area contributed by atoms with Gasteiger partial charge in [0.25, 0.3) is 0 Å². The molecule has 0 saturated heterocycles. The molecular weight excluding hydrogens is 247 g/mol. The van der Waals surface area contributed by atoms with Gasteiger partial charge in [0.1, 0.15) is 0 Å². The number of alkyl halides is 2. The quantitative estimate of drug-likeness (QED) is 0.847. The molecule has 1 amide bonds. The van der Waals surface area contributed by atoms with Crippen molar-refractivity contribution in [1.82, 2.24) is 4.98 Å². The Bertz CT molecular complexity index is 389. The fraction of sp³-hybridized carbons (Fsp3) is 0.455. The summed E-state index contributed by atoms with van der Waals surface area (Å²) in [5.41, 5.74) is 0.462. The molecule has 0 bridgehead atoms. The number of hydrogen-bond donors (Lipinski definition) is 1. The molecular formula is C11H14ClFN2O2. The van der Waals surface area contributed by atoms with Gasteiger partial charge < -0.3 is 10.1 Å². The van der Waals surface area contributed by atoms with Crippen LogP contribution in [0.2, 0.25) is 0 Å². The molecule has 1 heterocycles. The second kappa shape index (κ2) is 5.31. The third-order valence-corrected chi connectivity index (χ3v) is 2.69. The molecule has 0 radical (unpaired) electrons. The van der Waals surface area contributed by atoms with Crippen LogP contribution in [-0.4, -0.2) is 23.1 Å². The highest BCUT2D eigenvalue weighted by Crippen LogP contribution is 2.27. The molecule has 0 fully saturated rings. The largest absolute Gasteiger partial charge is 0.481 e. The lowest BCUT2D eigenvalue weighted by Crippen LogP contribution is -2.32. The van der Waals surface area contributed by atoms with Gasteiger partial charge >= 0.3 is 0 Å². The Balaban J connectivity index is 2.68. The van der Waals surface area contributed by atoms with Crippen molar-refractivity contribution in [2.24, 2.45) is 5.92 Å². The van der Waals surface area contributed by atoms with E-state index in [2.05, 4.69) is 10.3 Å². The highest BCUT2D eigenvalue weighted by atomic mass is 35.5. The van der Waals surface area contributed by atoms with Gasteiger partial charge in [-0.3, -0.25) is 4.79 Å². The highest BCUT2D eigenvalue weighted by Gasteiger charge is 2.33. The van der Waals surface area contributed by atoms with Crippen molar-refractivity contribution in [3.05, 3.63) is 18.3 Å². The lowest BCUT2D eigenvalue weighted by Gasteiger charge is -2.19. The second-order valence-electron chi connectivity index (χ2n) is 3.76. The summed E-state index contributed by atoms with van der Waals surface area (Å²) in [5.74, 6) is -1.04. The molecule has 0 aromatic carbocycles. The van der Waals surface area contributed by atoms with Gasteiger partial charge in [0.05, 0.1) is 24.9 Å². The van der Waals surface area contributed by atoms with Crippen molar-refractivity contribution in [2.75, 3.05) is 12.4 Å². The first kappa shape index (κ1) is 13.7. The third-order valence-electron chi connectivity index (χ3n) is 2.37. The minimum Gasteiger partial charge on any atom is -0.481 e. The van der Waals surface area contributed by atoms with Crippen molar-refractivity contribution in [2.45, 2.75) is 19.0 Å². The molecule has 1 aromatic heterocycles. The fourth-order valence-corrected chi connectivity index (χ4v) is 1.15. The number of ether oxygens (including phenoxy) is 1. The molecule has 1 N–H and O–H groups in total. The lowest BCUT2D eigenvalue weighted by molar-refractivity contribution is -0.121. The molecule has 0 aliphatic rings. The number of carbonyl (C=O) groups excluding carboxylic acids is 1. The van der Waals surface area contributed by atoms with E-state index in [-0.39, 0.29) is 0 Å². The van der Waals surface area contributed by atoms with Gasteiger partial charge in [-0.1, -0.05) is 11.6 Å². The van der Waals surface area contributed by atoms with Crippen LogP contribution < -0.4 is 10.1 Å². The maximum Gasteiger partial charge on any atom is 0.231 e. The number of methoxy groups -OCH3 is 1. The SMILES string of the molecule is COc1ccc(NC(=O)C(C)C(C)(F)Cl)cn1. The molecule has 2 unspecified atom stereocenters. The summed E-state index contributed by atoms with van der Waals surface area (Å²) < 4.78 is 18.2. The van der Waals surface area contributed by atoms with E-state index in [0.717, 1.165) is 6.92 Å². The number of carbonyl (C=O) groups is 1. The maximum absolute atomic E-state index is 13.3. The first-order chi connectivity index (χ1) is 7.84. The number of pyridine rings is 1. The predicted octanol–water partition coefficient (Wildman–Crippen LogP) is 2.59. The van der Waals surface area contributed by atoms with E-state index < -0.39 is 17.0 Å². The van der Waals surface area contributed by atoms with Crippen LogP contribution in [0.3, 0.4) is 0 Å². The molecule has 1 rings (SSSR count). The number of amides is 1. The Morgan fingerprint density at radius 2 is 2.29 bits per heavy atom. The van der Waals surface area contributed by atoms with E-state index in [1.807, 2.05) is 0 Å². The molecule has 0 saturated carbocycles. The number of aromatic nitrogens is 1. The maximum atomic E-state index is 13.3. The Hall–Kier alpha value is -1.36. The van der Waals surface area contributed by atoms with Gasteiger partial charge in [0, 0.05) is 6.07 Å². The zero-order valence-corrected chi connectivity index (χ0v) is 10.6. The van der Waals surface area contributed by atoms with Crippen LogP contribution in [0.1, 0.15) is 13.8 Å². The Kier molecular flexibility index (Phi) is 4.28. The van der Waals surface area contributed by atoms with Crippen LogP contribution >= 0.6 is 11.6 Å². The number of anilines is 1. The topological polar surface area (TPSA) is 51.2 Å². The van der Waals surface area contributed by atoms with Crippen molar-refractivity contribution >= 4 is 23.2 Å². The summed E-state index contributed by atoms with van der Waals surface area (Å²) in [6.07, 6.45) is 1.42. The monoisotopic (exact) mass is 260 g/mol. The summed E-state index contributed by atoms with van der Waals surface area (Å²) in [5, 5.41) is 0.439. The van der Waals surface area contributed by atoms with E-state index in [4.69, 9.17) is 16.3 Å². The summed E-state index contributed by atoms with van der Waals surface area (Å²) in [7, 11) is 1.49. The molecule has 2 atom stereocenters. The normalized spacial score (nSPS) is 15.8. The molecule has 17 heavy (non-hydrogen) atoms. The Morgan fingerprint density at radius 1 is 1.65 bits per heavy atom. The zero-order valence-electron chi connectivity index (χ0n) is 9.83. The van der Waals surface area contributed by atoms with E-state index in [1.165, 1.54) is 20.2 Å². The van der Waals surface area contributed by atoms with Crippen LogP contribution in [0.15, 0.2) is 18.3 Å². The van der Waals surface area contributed by atoms with Crippen molar-refractivity contribution in [1.29, 1.82) is 0 Å². The minimum atomic E-state index is -2.08. The second-order valence-corrected chi connectivity index (χ2v) is 4.50. The van der Waals surface area contributed by atoms with Crippen LogP contribution in [0, 0.1) is 5.92 Å². The smallest absolute Gasteiger partial charge is 0.231 e. The Morgan fingerprint density at radius 3 is 2.71 bits per heavy atom. The number of hydrogen-bond acceptors (Lipinski definition) is 3. The van der Waals surface area contributed by atoms with Gasteiger partial charge in [0.15, 0.2) is 5.13 Å². The van der Waals surface area contributed by atoms with E-state index in [9.17, 15) is 9.18 Å². The van der Waals surface area contributed by atoms with Crippen LogP contribution in [0.4, 0.5) is 10.1 Å². The van der Waals surface area contributed by atoms with Crippen molar-refractivity contribution in [3.63, 3.8) is 0 Å². The average Bonchev–Trinajstić information content (AvgIpc) is 2.27. The van der Waals surface area contributed by atoms with Gasteiger partial charge in [-0.25, -0.2) is 9.37 Å². The van der Waals surface area contributed by atoms with E-state index in [0.29, 0.717) is 11.6 Å². The van der Waals surface area contributed by atoms with Gasteiger partial charge in [0.2, 0.25) is 11.8 Å². The molecule has 1 aromatic rings. The number of nitrogens with one attached hydrogen (secondary N) is 1. The van der Waals surface area contributed by atoms with Crippen LogP contribution in [-0.2, 0) is 4.79 Å². The summed E-state index contributed by atoms with van der Waals surface area (Å²) in [4.78, 5) is 15.5. The molecule has 0 aliphatic carbocycles. The van der Waals surface area contributed by atoms with Crippen LogP contribution in [0.5, 0.6) is 5.88 Å². The van der Waals surface area contributed by atoms with Gasteiger partial charge in [-0.2, -0.15) is 0 Å². The molecule has 0 aliphatic heterocycles. The number of rotatable bonds is 4. The predicted molar refractivity (Wildman–Crippen MR) is 63.9 cm³/mol. The zero-order chi connectivity index (χ0) is 13.1. The first-order valence-corrected chi connectivity index (χ1v) is 5.41. The van der Waals surface area contributed by atoms with Crippen molar-refractivity contribution < 1.29 is 13.9 Å². The van der Waals surface area contributed by atoms with Gasteiger partial charge in [-0.05, 0) is 19.9 Å². The highest BCUT2D eigenvalue weighted by molar-refractivity contribution is 6.24. The Labute approximate surface area is 104 Å². The lowest BCUT2D eigenvalue weighted by atomic mass is 10.1. The number of halogens is 2. The summed E-state index contributed by atoms with van der Waals surface area (Å²) in [6.45, 7) is 2.56. The minimum absolute atomic E-state index is 0.434. The molecule has 94 valence electrons. The third kappa shape index (κ3) is 3.85. The van der Waals surface area contributed by atoms with Gasteiger partial charge in [-0.15, -0.1) is 0 Å². The van der Waals surface area contributed by atoms with E-state index in [1.54, 1.807) is 12.1 Å². The summed E-state index contributed by atoms with van der Waals surface area (Å²) in [6, 6.07) is 3.20.